The normalized spacial score (nSPS) is 11.9. The minimum atomic E-state index is -1.14. The average molecular weight is 431 g/mol. The molecule has 2 aromatic rings. The van der Waals surface area contributed by atoms with Crippen molar-refractivity contribution in [3.8, 4) is 28.4 Å². The van der Waals surface area contributed by atoms with E-state index in [0.29, 0.717) is 17.2 Å². The molecule has 2 N–H and O–H groups in total. The van der Waals surface area contributed by atoms with E-state index in [1.54, 1.807) is 42.1 Å². The fourth-order valence-corrected chi connectivity index (χ4v) is 2.97. The number of rotatable bonds is 8. The van der Waals surface area contributed by atoms with Crippen LogP contribution >= 0.6 is 0 Å². The number of amides is 1. The number of hydrogen-bond donors (Lipinski definition) is 2. The molecule has 31 heavy (non-hydrogen) atoms. The quantitative estimate of drug-likeness (QED) is 0.653. The van der Waals surface area contributed by atoms with Gasteiger partial charge in [-0.2, -0.15) is 0 Å². The third kappa shape index (κ3) is 6.53. The van der Waals surface area contributed by atoms with Crippen LogP contribution in [0.25, 0.3) is 11.1 Å². The van der Waals surface area contributed by atoms with Gasteiger partial charge in [-0.25, -0.2) is 9.59 Å². The molecule has 8 nitrogen and oxygen atoms in total. The zero-order chi connectivity index (χ0) is 23.2. The Labute approximate surface area is 182 Å². The Bertz CT molecular complexity index is 892. The maximum absolute atomic E-state index is 11.9. The van der Waals surface area contributed by atoms with Crippen molar-refractivity contribution in [1.29, 1.82) is 0 Å². The highest BCUT2D eigenvalue weighted by Gasteiger charge is 2.24. The van der Waals surface area contributed by atoms with Crippen molar-refractivity contribution in [2.24, 2.45) is 0 Å². The van der Waals surface area contributed by atoms with E-state index >= 15 is 0 Å². The number of carbonyl (C=O) groups excluding carboxylic acids is 1. The average Bonchev–Trinajstić information content (AvgIpc) is 2.71. The molecule has 2 rings (SSSR count). The Hall–Kier alpha value is -3.42. The molecule has 0 saturated heterocycles. The zero-order valence-corrected chi connectivity index (χ0v) is 18.6. The molecule has 2 aromatic carbocycles. The van der Waals surface area contributed by atoms with E-state index in [2.05, 4.69) is 5.32 Å². The van der Waals surface area contributed by atoms with Crippen molar-refractivity contribution >= 4 is 12.1 Å². The summed E-state index contributed by atoms with van der Waals surface area (Å²) in [5.74, 6) is 0.435. The number of benzene rings is 2. The molecule has 0 aliphatic heterocycles. The fourth-order valence-electron chi connectivity index (χ4n) is 2.97. The SMILES string of the molecule is COc1cc(-c2ccc(CC(NC(=O)OC(C)(C)C)C(=O)O)cc2)cc(OC)c1OC. The molecule has 0 spiro atoms. The van der Waals surface area contributed by atoms with Crippen LogP contribution in [0.2, 0.25) is 0 Å². The van der Waals surface area contributed by atoms with Gasteiger partial charge in [0.1, 0.15) is 11.6 Å². The van der Waals surface area contributed by atoms with E-state index in [-0.39, 0.29) is 6.42 Å². The van der Waals surface area contributed by atoms with Crippen LogP contribution in [0.5, 0.6) is 17.2 Å². The Morgan fingerprint density at radius 3 is 1.90 bits per heavy atom. The van der Waals surface area contributed by atoms with Gasteiger partial charge in [0.05, 0.1) is 21.3 Å². The van der Waals surface area contributed by atoms with E-state index < -0.39 is 23.7 Å². The van der Waals surface area contributed by atoms with Crippen molar-refractivity contribution in [3.05, 3.63) is 42.0 Å². The van der Waals surface area contributed by atoms with Crippen molar-refractivity contribution < 1.29 is 33.6 Å². The lowest BCUT2D eigenvalue weighted by Crippen LogP contribution is -2.44. The third-order valence-electron chi connectivity index (χ3n) is 4.38. The van der Waals surface area contributed by atoms with Crippen LogP contribution in [0, 0.1) is 0 Å². The van der Waals surface area contributed by atoms with Crippen molar-refractivity contribution in [3.63, 3.8) is 0 Å². The van der Waals surface area contributed by atoms with Gasteiger partial charge in [-0.05, 0) is 49.6 Å². The first kappa shape index (κ1) is 23.9. The Balaban J connectivity index is 2.21. The smallest absolute Gasteiger partial charge is 0.408 e. The second-order valence-electron chi connectivity index (χ2n) is 7.85. The summed E-state index contributed by atoms with van der Waals surface area (Å²) in [5, 5.41) is 11.9. The van der Waals surface area contributed by atoms with Crippen LogP contribution in [-0.4, -0.2) is 50.1 Å². The van der Waals surface area contributed by atoms with Gasteiger partial charge in [0.2, 0.25) is 5.75 Å². The van der Waals surface area contributed by atoms with Gasteiger partial charge in [-0.15, -0.1) is 0 Å². The number of ether oxygens (including phenoxy) is 4. The zero-order valence-electron chi connectivity index (χ0n) is 18.6. The molecule has 0 aliphatic carbocycles. The summed E-state index contributed by atoms with van der Waals surface area (Å²) >= 11 is 0. The molecular weight excluding hydrogens is 402 g/mol. The summed E-state index contributed by atoms with van der Waals surface area (Å²) in [4.78, 5) is 23.5. The Kier molecular flexibility index (Phi) is 7.74. The van der Waals surface area contributed by atoms with Crippen molar-refractivity contribution in [2.45, 2.75) is 38.8 Å². The molecule has 1 amide bonds. The molecule has 0 saturated carbocycles. The van der Waals surface area contributed by atoms with Gasteiger partial charge in [0.15, 0.2) is 11.5 Å². The second kappa shape index (κ2) is 10.1. The van der Waals surface area contributed by atoms with E-state index in [4.69, 9.17) is 18.9 Å². The minimum Gasteiger partial charge on any atom is -0.493 e. The number of nitrogens with one attached hydrogen (secondary N) is 1. The number of carboxylic acids is 1. The summed E-state index contributed by atoms with van der Waals surface area (Å²) in [6.07, 6.45) is -0.654. The predicted octanol–water partition coefficient (Wildman–Crippen LogP) is 3.90. The van der Waals surface area contributed by atoms with Gasteiger partial charge in [-0.3, -0.25) is 0 Å². The first-order valence-electron chi connectivity index (χ1n) is 9.69. The van der Waals surface area contributed by atoms with Crippen LogP contribution in [0.15, 0.2) is 36.4 Å². The lowest BCUT2D eigenvalue weighted by Gasteiger charge is -2.22. The largest absolute Gasteiger partial charge is 0.493 e. The highest BCUT2D eigenvalue weighted by atomic mass is 16.6. The molecule has 168 valence electrons. The number of methoxy groups -OCH3 is 3. The summed E-state index contributed by atoms with van der Waals surface area (Å²) < 4.78 is 21.3. The van der Waals surface area contributed by atoms with Crippen LogP contribution < -0.4 is 19.5 Å². The minimum absolute atomic E-state index is 0.115. The molecule has 0 fully saturated rings. The van der Waals surface area contributed by atoms with Crippen LogP contribution in [0.1, 0.15) is 26.3 Å². The third-order valence-corrected chi connectivity index (χ3v) is 4.38. The summed E-state index contributed by atoms with van der Waals surface area (Å²) in [7, 11) is 4.64. The Morgan fingerprint density at radius 2 is 1.48 bits per heavy atom. The van der Waals surface area contributed by atoms with E-state index in [1.807, 2.05) is 36.4 Å². The van der Waals surface area contributed by atoms with Crippen LogP contribution in [0.3, 0.4) is 0 Å². The second-order valence-corrected chi connectivity index (χ2v) is 7.85. The van der Waals surface area contributed by atoms with E-state index in [1.165, 1.54) is 0 Å². The molecule has 0 aliphatic rings. The predicted molar refractivity (Wildman–Crippen MR) is 116 cm³/mol. The lowest BCUT2D eigenvalue weighted by atomic mass is 10.00. The number of carboxylic acid groups (broad SMARTS) is 1. The van der Waals surface area contributed by atoms with E-state index in [0.717, 1.165) is 16.7 Å². The summed E-state index contributed by atoms with van der Waals surface area (Å²) in [5.41, 5.74) is 1.77. The van der Waals surface area contributed by atoms with E-state index in [9.17, 15) is 14.7 Å². The van der Waals surface area contributed by atoms with Gasteiger partial charge < -0.3 is 29.4 Å². The highest BCUT2D eigenvalue weighted by molar-refractivity contribution is 5.80. The fraction of sp³-hybridized carbons (Fsp3) is 0.391. The molecular formula is C23H29NO7. The Morgan fingerprint density at radius 1 is 0.935 bits per heavy atom. The molecule has 1 atom stereocenters. The first-order valence-corrected chi connectivity index (χ1v) is 9.69. The maximum Gasteiger partial charge on any atom is 0.408 e. The molecule has 1 unspecified atom stereocenters. The number of carbonyl (C=O) groups is 2. The summed E-state index contributed by atoms with van der Waals surface area (Å²) in [6.45, 7) is 5.14. The van der Waals surface area contributed by atoms with Crippen LogP contribution in [-0.2, 0) is 16.0 Å². The molecule has 0 radical (unpaired) electrons. The first-order chi connectivity index (χ1) is 14.6. The highest BCUT2D eigenvalue weighted by Crippen LogP contribution is 2.41. The molecule has 0 aromatic heterocycles. The van der Waals surface area contributed by atoms with Gasteiger partial charge >= 0.3 is 12.1 Å². The molecule has 0 bridgehead atoms. The summed E-state index contributed by atoms with van der Waals surface area (Å²) in [6, 6.07) is 9.91. The number of alkyl carbamates (subject to hydrolysis) is 1. The van der Waals surface area contributed by atoms with Gasteiger partial charge in [0.25, 0.3) is 0 Å². The standard InChI is InChI=1S/C23H29NO7/c1-23(2,3)31-22(27)24-17(21(25)26)11-14-7-9-15(10-8-14)16-12-18(28-4)20(30-6)19(13-16)29-5/h7-10,12-13,17H,11H2,1-6H3,(H,24,27)(H,25,26). The lowest BCUT2D eigenvalue weighted by molar-refractivity contribution is -0.139. The number of hydrogen-bond acceptors (Lipinski definition) is 6. The van der Waals surface area contributed by atoms with Crippen molar-refractivity contribution in [1.82, 2.24) is 5.32 Å². The molecule has 0 heterocycles. The van der Waals surface area contributed by atoms with Gasteiger partial charge in [-0.1, -0.05) is 24.3 Å². The number of aliphatic carboxylic acids is 1. The van der Waals surface area contributed by atoms with Crippen molar-refractivity contribution in [2.75, 3.05) is 21.3 Å². The maximum atomic E-state index is 11.9. The van der Waals surface area contributed by atoms with Crippen LogP contribution in [0.4, 0.5) is 4.79 Å². The monoisotopic (exact) mass is 431 g/mol. The van der Waals surface area contributed by atoms with Gasteiger partial charge in [0, 0.05) is 6.42 Å². The molecule has 8 heteroatoms. The topological polar surface area (TPSA) is 103 Å².